The number of aryl methyl sites for hydroxylation is 1. The molecule has 0 aliphatic heterocycles. The summed E-state index contributed by atoms with van der Waals surface area (Å²) in [7, 11) is 3.21. The van der Waals surface area contributed by atoms with Gasteiger partial charge >= 0.3 is 0 Å². The third-order valence-electron chi connectivity index (χ3n) is 4.16. The number of carbonyl (C=O) groups is 1. The molecule has 27 heavy (non-hydrogen) atoms. The summed E-state index contributed by atoms with van der Waals surface area (Å²) in [4.78, 5) is 12.2. The summed E-state index contributed by atoms with van der Waals surface area (Å²) in [6, 6.07) is 11.6. The number of hydrogen-bond donors (Lipinski definition) is 1. The van der Waals surface area contributed by atoms with E-state index in [0.717, 1.165) is 21.3 Å². The van der Waals surface area contributed by atoms with Gasteiger partial charge in [0.15, 0.2) is 11.5 Å². The average molecular weight is 436 g/mol. The van der Waals surface area contributed by atoms with Crippen LogP contribution in [0.25, 0.3) is 0 Å². The van der Waals surface area contributed by atoms with Gasteiger partial charge in [-0.05, 0) is 49.1 Å². The van der Waals surface area contributed by atoms with E-state index in [2.05, 4.69) is 21.2 Å². The van der Waals surface area contributed by atoms with Crippen LogP contribution in [-0.2, 0) is 17.6 Å². The van der Waals surface area contributed by atoms with E-state index in [1.807, 2.05) is 43.3 Å². The number of halogens is 1. The van der Waals surface area contributed by atoms with Crippen molar-refractivity contribution in [1.82, 2.24) is 5.32 Å². The average Bonchev–Trinajstić information content (AvgIpc) is 2.68. The quantitative estimate of drug-likeness (QED) is 0.608. The van der Waals surface area contributed by atoms with Crippen molar-refractivity contribution in [1.29, 1.82) is 0 Å². The van der Waals surface area contributed by atoms with Crippen LogP contribution in [0.4, 0.5) is 0 Å². The second-order valence-corrected chi connectivity index (χ2v) is 6.79. The molecule has 0 spiro atoms. The van der Waals surface area contributed by atoms with E-state index in [0.29, 0.717) is 43.9 Å². The minimum Gasteiger partial charge on any atom is -0.494 e. The second kappa shape index (κ2) is 10.8. The zero-order valence-corrected chi connectivity index (χ0v) is 17.6. The highest BCUT2D eigenvalue weighted by Crippen LogP contribution is 2.33. The maximum absolute atomic E-state index is 12.2. The zero-order chi connectivity index (χ0) is 19.6. The molecule has 2 aromatic rings. The number of para-hydroxylation sites is 1. The van der Waals surface area contributed by atoms with Crippen molar-refractivity contribution in [2.24, 2.45) is 0 Å². The molecule has 0 aliphatic rings. The van der Waals surface area contributed by atoms with E-state index in [9.17, 15) is 4.79 Å². The Balaban J connectivity index is 1.85. The van der Waals surface area contributed by atoms with Crippen LogP contribution in [0, 0.1) is 0 Å². The summed E-state index contributed by atoms with van der Waals surface area (Å²) < 4.78 is 17.1. The SMILES string of the molecule is CCOc1ccccc1CCC(=O)NCCc1cc(OC)c(OC)cc1Br. The summed E-state index contributed by atoms with van der Waals surface area (Å²) in [6.45, 7) is 3.12. The smallest absolute Gasteiger partial charge is 0.220 e. The molecule has 0 aliphatic carbocycles. The van der Waals surface area contributed by atoms with Crippen LogP contribution in [0.5, 0.6) is 17.2 Å². The van der Waals surface area contributed by atoms with Crippen molar-refractivity contribution >= 4 is 21.8 Å². The van der Waals surface area contributed by atoms with E-state index in [4.69, 9.17) is 14.2 Å². The Bertz CT molecular complexity index is 764. The standard InChI is InChI=1S/C21H26BrNO4/c1-4-27-18-8-6-5-7-15(18)9-10-21(24)23-12-11-16-13-19(25-2)20(26-3)14-17(16)22/h5-8,13-14H,4,9-12H2,1-3H3,(H,23,24). The van der Waals surface area contributed by atoms with Crippen molar-refractivity contribution in [2.75, 3.05) is 27.4 Å². The van der Waals surface area contributed by atoms with E-state index >= 15 is 0 Å². The van der Waals surface area contributed by atoms with Gasteiger partial charge in [-0.15, -0.1) is 0 Å². The molecule has 0 aromatic heterocycles. The lowest BCUT2D eigenvalue weighted by Crippen LogP contribution is -2.26. The van der Waals surface area contributed by atoms with Crippen molar-refractivity contribution in [3.05, 3.63) is 52.0 Å². The van der Waals surface area contributed by atoms with Gasteiger partial charge in [-0.25, -0.2) is 0 Å². The molecule has 1 amide bonds. The predicted octanol–water partition coefficient (Wildman–Crippen LogP) is 4.16. The normalized spacial score (nSPS) is 10.4. The molecule has 0 fully saturated rings. The second-order valence-electron chi connectivity index (χ2n) is 5.94. The number of ether oxygens (including phenoxy) is 3. The highest BCUT2D eigenvalue weighted by atomic mass is 79.9. The van der Waals surface area contributed by atoms with Gasteiger partial charge in [-0.3, -0.25) is 4.79 Å². The maximum Gasteiger partial charge on any atom is 0.220 e. The summed E-state index contributed by atoms with van der Waals surface area (Å²) in [5.41, 5.74) is 2.10. The Morgan fingerprint density at radius 3 is 2.41 bits per heavy atom. The Morgan fingerprint density at radius 1 is 1.00 bits per heavy atom. The number of methoxy groups -OCH3 is 2. The van der Waals surface area contributed by atoms with Crippen molar-refractivity contribution in [3.63, 3.8) is 0 Å². The van der Waals surface area contributed by atoms with Crippen LogP contribution in [0.1, 0.15) is 24.5 Å². The molecule has 0 saturated carbocycles. The molecule has 146 valence electrons. The van der Waals surface area contributed by atoms with Gasteiger partial charge in [0.1, 0.15) is 5.75 Å². The van der Waals surface area contributed by atoms with Crippen LogP contribution in [0.2, 0.25) is 0 Å². The molecule has 2 aromatic carbocycles. The maximum atomic E-state index is 12.2. The van der Waals surface area contributed by atoms with Gasteiger partial charge < -0.3 is 19.5 Å². The number of hydrogen-bond acceptors (Lipinski definition) is 4. The van der Waals surface area contributed by atoms with Gasteiger partial charge in [0.25, 0.3) is 0 Å². The van der Waals surface area contributed by atoms with Crippen LogP contribution in [0.15, 0.2) is 40.9 Å². The number of nitrogens with one attached hydrogen (secondary N) is 1. The number of benzene rings is 2. The van der Waals surface area contributed by atoms with E-state index in [-0.39, 0.29) is 5.91 Å². The van der Waals surface area contributed by atoms with Crippen LogP contribution >= 0.6 is 15.9 Å². The molecule has 0 heterocycles. The first kappa shape index (κ1) is 21.1. The summed E-state index contributed by atoms with van der Waals surface area (Å²) in [5.74, 6) is 2.22. The lowest BCUT2D eigenvalue weighted by atomic mass is 10.1. The van der Waals surface area contributed by atoms with Crippen molar-refractivity contribution in [2.45, 2.75) is 26.2 Å². The lowest BCUT2D eigenvalue weighted by Gasteiger charge is -2.13. The molecule has 5 nitrogen and oxygen atoms in total. The fourth-order valence-corrected chi connectivity index (χ4v) is 3.29. The van der Waals surface area contributed by atoms with Gasteiger partial charge in [-0.2, -0.15) is 0 Å². The molecular formula is C21H26BrNO4. The van der Waals surface area contributed by atoms with E-state index < -0.39 is 0 Å². The first-order valence-electron chi connectivity index (χ1n) is 8.96. The van der Waals surface area contributed by atoms with Gasteiger partial charge in [0, 0.05) is 17.4 Å². The number of carbonyl (C=O) groups excluding carboxylic acids is 1. The molecule has 0 atom stereocenters. The van der Waals surface area contributed by atoms with Crippen LogP contribution in [0.3, 0.4) is 0 Å². The monoisotopic (exact) mass is 435 g/mol. The third kappa shape index (κ3) is 6.17. The van der Waals surface area contributed by atoms with Crippen LogP contribution in [-0.4, -0.2) is 33.3 Å². The number of rotatable bonds is 10. The van der Waals surface area contributed by atoms with Crippen molar-refractivity contribution < 1.29 is 19.0 Å². The fourth-order valence-electron chi connectivity index (χ4n) is 2.77. The highest BCUT2D eigenvalue weighted by molar-refractivity contribution is 9.10. The number of amides is 1. The Hall–Kier alpha value is -2.21. The third-order valence-corrected chi connectivity index (χ3v) is 4.90. The largest absolute Gasteiger partial charge is 0.494 e. The topological polar surface area (TPSA) is 56.8 Å². The molecule has 0 unspecified atom stereocenters. The fraction of sp³-hybridized carbons (Fsp3) is 0.381. The molecule has 1 N–H and O–H groups in total. The summed E-state index contributed by atoms with van der Waals surface area (Å²) >= 11 is 3.54. The Labute approximate surface area is 169 Å². The van der Waals surface area contributed by atoms with Gasteiger partial charge in [0.2, 0.25) is 5.91 Å². The first-order valence-corrected chi connectivity index (χ1v) is 9.76. The molecule has 0 radical (unpaired) electrons. The summed E-state index contributed by atoms with van der Waals surface area (Å²) in [5, 5.41) is 2.97. The molecule has 0 bridgehead atoms. The minimum atomic E-state index is 0.0258. The molecule has 0 saturated heterocycles. The minimum absolute atomic E-state index is 0.0258. The molecular weight excluding hydrogens is 410 g/mol. The van der Waals surface area contributed by atoms with Gasteiger partial charge in [0.05, 0.1) is 20.8 Å². The Kier molecular flexibility index (Phi) is 8.45. The van der Waals surface area contributed by atoms with Crippen LogP contribution < -0.4 is 19.5 Å². The predicted molar refractivity (Wildman–Crippen MR) is 110 cm³/mol. The van der Waals surface area contributed by atoms with Crippen molar-refractivity contribution in [3.8, 4) is 17.2 Å². The lowest BCUT2D eigenvalue weighted by molar-refractivity contribution is -0.121. The molecule has 2 rings (SSSR count). The first-order chi connectivity index (χ1) is 13.1. The highest BCUT2D eigenvalue weighted by Gasteiger charge is 2.10. The van der Waals surface area contributed by atoms with Gasteiger partial charge in [-0.1, -0.05) is 34.1 Å². The Morgan fingerprint density at radius 2 is 1.70 bits per heavy atom. The van der Waals surface area contributed by atoms with E-state index in [1.54, 1.807) is 14.2 Å². The molecule has 6 heteroatoms. The zero-order valence-electron chi connectivity index (χ0n) is 16.0. The summed E-state index contributed by atoms with van der Waals surface area (Å²) in [6.07, 6.45) is 1.78. The van der Waals surface area contributed by atoms with E-state index in [1.165, 1.54) is 0 Å².